The molecule has 116 valence electrons. The van der Waals surface area contributed by atoms with Crippen molar-refractivity contribution >= 4 is 34.8 Å². The summed E-state index contributed by atoms with van der Waals surface area (Å²) in [4.78, 5) is 12.2. The fourth-order valence-electron chi connectivity index (χ4n) is 1.89. The maximum absolute atomic E-state index is 12.2. The molecule has 0 heterocycles. The first-order valence-corrected chi connectivity index (χ1v) is 7.77. The van der Waals surface area contributed by atoms with Crippen LogP contribution in [0.2, 0.25) is 10.0 Å². The van der Waals surface area contributed by atoms with E-state index in [-0.39, 0.29) is 5.91 Å². The maximum atomic E-state index is 12.2. The highest BCUT2D eigenvalue weighted by Gasteiger charge is 2.17. The zero-order valence-corrected chi connectivity index (χ0v) is 13.9. The Hall–Kier alpha value is -1.71. The molecule has 5 heteroatoms. The van der Waals surface area contributed by atoms with Crippen molar-refractivity contribution in [1.29, 1.82) is 0 Å². The molecule has 0 saturated heterocycles. The van der Waals surface area contributed by atoms with Crippen LogP contribution >= 0.6 is 23.2 Å². The van der Waals surface area contributed by atoms with Gasteiger partial charge in [0.25, 0.3) is 5.91 Å². The molecule has 2 aromatic carbocycles. The molecular weight excluding hydrogens is 321 g/mol. The molecule has 0 aliphatic rings. The Bertz CT molecular complexity index is 656. The molecule has 1 N–H and O–H groups in total. The van der Waals surface area contributed by atoms with Crippen molar-refractivity contribution in [3.63, 3.8) is 0 Å². The summed E-state index contributed by atoms with van der Waals surface area (Å²) in [5.74, 6) is 0.137. The molecule has 22 heavy (non-hydrogen) atoms. The lowest BCUT2D eigenvalue weighted by molar-refractivity contribution is -0.122. The number of carbonyl (C=O) groups excluding carboxylic acids is 1. The quantitative estimate of drug-likeness (QED) is 0.837. The zero-order chi connectivity index (χ0) is 16.1. The topological polar surface area (TPSA) is 38.3 Å². The van der Waals surface area contributed by atoms with E-state index in [1.807, 2.05) is 24.3 Å². The molecule has 2 aromatic rings. The van der Waals surface area contributed by atoms with Crippen molar-refractivity contribution in [2.45, 2.75) is 26.4 Å². The summed E-state index contributed by atoms with van der Waals surface area (Å²) in [7, 11) is 0. The number of halogens is 2. The molecule has 3 nitrogen and oxygen atoms in total. The number of carbonyl (C=O) groups is 1. The van der Waals surface area contributed by atoms with Crippen LogP contribution < -0.4 is 10.1 Å². The van der Waals surface area contributed by atoms with Gasteiger partial charge in [-0.2, -0.15) is 0 Å². The van der Waals surface area contributed by atoms with E-state index in [4.69, 9.17) is 27.9 Å². The SMILES string of the molecule is CCc1ccc(NC(=O)[C@@H](C)Oc2cccc(Cl)c2Cl)cc1. The third-order valence-electron chi connectivity index (χ3n) is 3.22. The molecule has 0 aliphatic carbocycles. The Kier molecular flexibility index (Phi) is 5.69. The van der Waals surface area contributed by atoms with Gasteiger partial charge in [-0.3, -0.25) is 4.79 Å². The molecule has 0 saturated carbocycles. The van der Waals surface area contributed by atoms with Crippen molar-refractivity contribution in [3.05, 3.63) is 58.1 Å². The van der Waals surface area contributed by atoms with Crippen molar-refractivity contribution < 1.29 is 9.53 Å². The normalized spacial score (nSPS) is 11.8. The second-order valence-electron chi connectivity index (χ2n) is 4.85. The fourth-order valence-corrected chi connectivity index (χ4v) is 2.22. The van der Waals surface area contributed by atoms with Crippen LogP contribution in [0.1, 0.15) is 19.4 Å². The molecule has 2 rings (SSSR count). The van der Waals surface area contributed by atoms with E-state index in [9.17, 15) is 4.79 Å². The molecular formula is C17H17Cl2NO2. The summed E-state index contributed by atoms with van der Waals surface area (Å²) in [6.45, 7) is 3.74. The summed E-state index contributed by atoms with van der Waals surface area (Å²) in [5, 5.41) is 3.50. The van der Waals surface area contributed by atoms with E-state index in [0.29, 0.717) is 15.8 Å². The lowest BCUT2D eigenvalue weighted by Crippen LogP contribution is -2.30. The summed E-state index contributed by atoms with van der Waals surface area (Å²) < 4.78 is 5.58. The Morgan fingerprint density at radius 1 is 1.18 bits per heavy atom. The highest BCUT2D eigenvalue weighted by molar-refractivity contribution is 6.42. The number of hydrogen-bond acceptors (Lipinski definition) is 2. The third kappa shape index (κ3) is 4.15. The molecule has 0 aliphatic heterocycles. The molecule has 0 bridgehead atoms. The minimum atomic E-state index is -0.693. The standard InChI is InChI=1S/C17H17Cl2NO2/c1-3-12-7-9-13(10-8-12)20-17(21)11(2)22-15-6-4-5-14(18)16(15)19/h4-11H,3H2,1-2H3,(H,20,21)/t11-/m1/s1. The Balaban J connectivity index is 2.01. The number of benzene rings is 2. The van der Waals surface area contributed by atoms with Gasteiger partial charge in [-0.05, 0) is 43.2 Å². The Labute approximate surface area is 140 Å². The summed E-state index contributed by atoms with van der Waals surface area (Å²) in [6, 6.07) is 12.8. The second kappa shape index (κ2) is 7.52. The first kappa shape index (κ1) is 16.7. The van der Waals surface area contributed by atoms with Crippen LogP contribution in [0, 0.1) is 0 Å². The van der Waals surface area contributed by atoms with E-state index in [0.717, 1.165) is 12.1 Å². The molecule has 0 fully saturated rings. The average molecular weight is 338 g/mol. The van der Waals surface area contributed by atoms with Gasteiger partial charge in [0, 0.05) is 5.69 Å². The van der Waals surface area contributed by atoms with Gasteiger partial charge in [-0.25, -0.2) is 0 Å². The van der Waals surface area contributed by atoms with Crippen LogP contribution in [-0.2, 0) is 11.2 Å². The third-order valence-corrected chi connectivity index (χ3v) is 4.02. The maximum Gasteiger partial charge on any atom is 0.265 e. The smallest absolute Gasteiger partial charge is 0.265 e. The molecule has 0 radical (unpaired) electrons. The van der Waals surface area contributed by atoms with Gasteiger partial charge in [0.15, 0.2) is 6.10 Å². The average Bonchev–Trinajstić information content (AvgIpc) is 2.52. The van der Waals surface area contributed by atoms with Gasteiger partial charge < -0.3 is 10.1 Å². The minimum Gasteiger partial charge on any atom is -0.479 e. The largest absolute Gasteiger partial charge is 0.479 e. The van der Waals surface area contributed by atoms with Crippen molar-refractivity contribution in [2.24, 2.45) is 0 Å². The van der Waals surface area contributed by atoms with Gasteiger partial charge in [-0.15, -0.1) is 0 Å². The number of ether oxygens (including phenoxy) is 1. The van der Waals surface area contributed by atoms with Crippen LogP contribution in [0.3, 0.4) is 0 Å². The van der Waals surface area contributed by atoms with E-state index < -0.39 is 6.10 Å². The van der Waals surface area contributed by atoms with Crippen LogP contribution in [0.4, 0.5) is 5.69 Å². The predicted molar refractivity (Wildman–Crippen MR) is 91.0 cm³/mol. The van der Waals surface area contributed by atoms with Gasteiger partial charge in [0.2, 0.25) is 0 Å². The van der Waals surface area contributed by atoms with Gasteiger partial charge >= 0.3 is 0 Å². The van der Waals surface area contributed by atoms with Gasteiger partial charge in [0.1, 0.15) is 10.8 Å². The van der Waals surface area contributed by atoms with E-state index >= 15 is 0 Å². The predicted octanol–water partition coefficient (Wildman–Crippen LogP) is 4.96. The molecule has 1 amide bonds. The number of aryl methyl sites for hydroxylation is 1. The number of nitrogens with one attached hydrogen (secondary N) is 1. The molecule has 1 atom stereocenters. The Morgan fingerprint density at radius 2 is 1.86 bits per heavy atom. The first-order chi connectivity index (χ1) is 10.5. The highest BCUT2D eigenvalue weighted by atomic mass is 35.5. The van der Waals surface area contributed by atoms with Crippen LogP contribution in [-0.4, -0.2) is 12.0 Å². The van der Waals surface area contributed by atoms with E-state index in [1.54, 1.807) is 25.1 Å². The summed E-state index contributed by atoms with van der Waals surface area (Å²) in [5.41, 5.74) is 1.95. The molecule has 0 aromatic heterocycles. The lowest BCUT2D eigenvalue weighted by atomic mass is 10.1. The highest BCUT2D eigenvalue weighted by Crippen LogP contribution is 2.32. The molecule has 0 unspecified atom stereocenters. The zero-order valence-electron chi connectivity index (χ0n) is 12.4. The fraction of sp³-hybridized carbons (Fsp3) is 0.235. The summed E-state index contributed by atoms with van der Waals surface area (Å²) in [6.07, 6.45) is 0.267. The van der Waals surface area contributed by atoms with E-state index in [1.165, 1.54) is 5.56 Å². The first-order valence-electron chi connectivity index (χ1n) is 7.01. The summed E-state index contributed by atoms with van der Waals surface area (Å²) >= 11 is 12.0. The number of anilines is 1. The minimum absolute atomic E-state index is 0.250. The van der Waals surface area contributed by atoms with E-state index in [2.05, 4.69) is 12.2 Å². The second-order valence-corrected chi connectivity index (χ2v) is 5.64. The molecule has 0 spiro atoms. The van der Waals surface area contributed by atoms with Crippen LogP contribution in [0.25, 0.3) is 0 Å². The number of hydrogen-bond donors (Lipinski definition) is 1. The Morgan fingerprint density at radius 3 is 2.50 bits per heavy atom. The monoisotopic (exact) mass is 337 g/mol. The van der Waals surface area contributed by atoms with Crippen molar-refractivity contribution in [1.82, 2.24) is 0 Å². The van der Waals surface area contributed by atoms with Crippen LogP contribution in [0.15, 0.2) is 42.5 Å². The number of amides is 1. The number of rotatable bonds is 5. The van der Waals surface area contributed by atoms with Gasteiger partial charge in [-0.1, -0.05) is 48.3 Å². The van der Waals surface area contributed by atoms with Gasteiger partial charge in [0.05, 0.1) is 5.02 Å². The lowest BCUT2D eigenvalue weighted by Gasteiger charge is -2.16. The van der Waals surface area contributed by atoms with Crippen LogP contribution in [0.5, 0.6) is 5.75 Å². The van der Waals surface area contributed by atoms with Crippen molar-refractivity contribution in [2.75, 3.05) is 5.32 Å². The van der Waals surface area contributed by atoms with Crippen molar-refractivity contribution in [3.8, 4) is 5.75 Å².